The summed E-state index contributed by atoms with van der Waals surface area (Å²) in [7, 11) is 1.67. The largest absolute Gasteiger partial charge is 0.496 e. The fourth-order valence-electron chi connectivity index (χ4n) is 3.57. The van der Waals surface area contributed by atoms with Crippen LogP contribution in [0.15, 0.2) is 18.2 Å². The van der Waals surface area contributed by atoms with Gasteiger partial charge in [0.05, 0.1) is 13.5 Å². The molecular weight excluding hydrogens is 326 g/mol. The van der Waals surface area contributed by atoms with Crippen molar-refractivity contribution < 1.29 is 9.53 Å². The number of likely N-dealkylation sites (tertiary alicyclic amines) is 1. The molecule has 134 valence electrons. The number of ether oxygens (including phenoxy) is 1. The SMILES string of the molecule is COc1cc(CC(=O)N2CCC(N3CCNCC3)C2)ccc1C.Cl. The molecule has 1 aromatic rings. The molecule has 0 radical (unpaired) electrons. The fraction of sp³-hybridized carbons (Fsp3) is 0.611. The van der Waals surface area contributed by atoms with Crippen molar-refractivity contribution in [3.05, 3.63) is 29.3 Å². The number of halogens is 1. The smallest absolute Gasteiger partial charge is 0.227 e. The van der Waals surface area contributed by atoms with Crippen LogP contribution in [0, 0.1) is 6.92 Å². The number of nitrogens with zero attached hydrogens (tertiary/aromatic N) is 2. The molecule has 0 aliphatic carbocycles. The highest BCUT2D eigenvalue weighted by Gasteiger charge is 2.30. The molecule has 1 unspecified atom stereocenters. The van der Waals surface area contributed by atoms with Gasteiger partial charge in [0.25, 0.3) is 0 Å². The summed E-state index contributed by atoms with van der Waals surface area (Å²) in [4.78, 5) is 17.1. The van der Waals surface area contributed by atoms with Gasteiger partial charge in [-0.05, 0) is 30.5 Å². The Kier molecular flexibility index (Phi) is 6.90. The van der Waals surface area contributed by atoms with Crippen LogP contribution in [0.2, 0.25) is 0 Å². The topological polar surface area (TPSA) is 44.8 Å². The number of nitrogens with one attached hydrogen (secondary N) is 1. The van der Waals surface area contributed by atoms with Crippen LogP contribution in [-0.4, -0.2) is 68.1 Å². The predicted octanol–water partition coefficient (Wildman–Crippen LogP) is 1.47. The third kappa shape index (κ3) is 4.41. The maximum atomic E-state index is 12.6. The summed E-state index contributed by atoms with van der Waals surface area (Å²) >= 11 is 0. The van der Waals surface area contributed by atoms with Gasteiger partial charge in [0.15, 0.2) is 0 Å². The summed E-state index contributed by atoms with van der Waals surface area (Å²) in [6.07, 6.45) is 1.56. The number of piperazine rings is 1. The maximum Gasteiger partial charge on any atom is 0.227 e. The first-order valence-corrected chi connectivity index (χ1v) is 8.53. The molecule has 0 spiro atoms. The molecule has 1 N–H and O–H groups in total. The van der Waals surface area contributed by atoms with Crippen molar-refractivity contribution in [3.63, 3.8) is 0 Å². The number of rotatable bonds is 4. The summed E-state index contributed by atoms with van der Waals surface area (Å²) in [5.74, 6) is 1.09. The zero-order valence-electron chi connectivity index (χ0n) is 14.6. The standard InChI is InChI=1S/C18H27N3O2.ClH/c1-14-3-4-15(11-17(14)23-2)12-18(22)21-8-5-16(13-21)20-9-6-19-7-10-20;/h3-4,11,16,19H,5-10,12-13H2,1-2H3;1H. The van der Waals surface area contributed by atoms with Gasteiger partial charge in [-0.15, -0.1) is 12.4 Å². The van der Waals surface area contributed by atoms with Gasteiger partial charge >= 0.3 is 0 Å². The minimum absolute atomic E-state index is 0. The molecule has 2 heterocycles. The molecule has 6 heteroatoms. The van der Waals surface area contributed by atoms with Crippen molar-refractivity contribution in [2.24, 2.45) is 0 Å². The zero-order valence-corrected chi connectivity index (χ0v) is 15.4. The molecule has 1 atom stereocenters. The van der Waals surface area contributed by atoms with Crippen molar-refractivity contribution in [1.82, 2.24) is 15.1 Å². The van der Waals surface area contributed by atoms with Crippen LogP contribution >= 0.6 is 12.4 Å². The van der Waals surface area contributed by atoms with Gasteiger partial charge in [-0.1, -0.05) is 12.1 Å². The Hall–Kier alpha value is -1.30. The third-order valence-electron chi connectivity index (χ3n) is 5.01. The number of carbonyl (C=O) groups is 1. The highest BCUT2D eigenvalue weighted by Crippen LogP contribution is 2.21. The first kappa shape index (κ1) is 19.0. The van der Waals surface area contributed by atoms with Crippen LogP contribution in [-0.2, 0) is 11.2 Å². The van der Waals surface area contributed by atoms with Crippen LogP contribution in [0.25, 0.3) is 0 Å². The average Bonchev–Trinajstić information content (AvgIpc) is 3.07. The van der Waals surface area contributed by atoms with E-state index in [0.29, 0.717) is 12.5 Å². The summed E-state index contributed by atoms with van der Waals surface area (Å²) < 4.78 is 5.35. The van der Waals surface area contributed by atoms with Crippen LogP contribution in [0.4, 0.5) is 0 Å². The van der Waals surface area contributed by atoms with E-state index in [1.165, 1.54) is 0 Å². The molecule has 2 aliphatic rings. The number of hydrogen-bond donors (Lipinski definition) is 1. The first-order valence-electron chi connectivity index (χ1n) is 8.53. The Morgan fingerprint density at radius 2 is 2.04 bits per heavy atom. The molecule has 0 saturated carbocycles. The van der Waals surface area contributed by atoms with Crippen LogP contribution in [0.5, 0.6) is 5.75 Å². The number of benzene rings is 1. The molecular formula is C18H28ClN3O2. The van der Waals surface area contributed by atoms with Crippen molar-refractivity contribution >= 4 is 18.3 Å². The summed E-state index contributed by atoms with van der Waals surface area (Å²) in [5.41, 5.74) is 2.13. The molecule has 24 heavy (non-hydrogen) atoms. The lowest BCUT2D eigenvalue weighted by atomic mass is 10.1. The second kappa shape index (κ2) is 8.70. The molecule has 0 aromatic heterocycles. The van der Waals surface area contributed by atoms with Gasteiger partial charge in [0, 0.05) is 45.3 Å². The minimum Gasteiger partial charge on any atom is -0.496 e. The Balaban J connectivity index is 0.00000208. The molecule has 0 bridgehead atoms. The van der Waals surface area contributed by atoms with E-state index in [0.717, 1.165) is 62.6 Å². The zero-order chi connectivity index (χ0) is 16.2. The summed E-state index contributed by atoms with van der Waals surface area (Å²) in [6, 6.07) is 6.57. The number of hydrogen-bond acceptors (Lipinski definition) is 4. The molecule has 5 nitrogen and oxygen atoms in total. The van der Waals surface area contributed by atoms with Gasteiger partial charge in [-0.2, -0.15) is 0 Å². The summed E-state index contributed by atoms with van der Waals surface area (Å²) in [6.45, 7) is 8.10. The van der Waals surface area contributed by atoms with Crippen LogP contribution in [0.3, 0.4) is 0 Å². The van der Waals surface area contributed by atoms with Crippen molar-refractivity contribution in [3.8, 4) is 5.75 Å². The van der Waals surface area contributed by atoms with E-state index in [9.17, 15) is 4.79 Å². The van der Waals surface area contributed by atoms with Gasteiger partial charge < -0.3 is 15.0 Å². The molecule has 2 aliphatic heterocycles. The molecule has 2 fully saturated rings. The van der Waals surface area contributed by atoms with Gasteiger partial charge in [0.2, 0.25) is 5.91 Å². The highest BCUT2D eigenvalue weighted by molar-refractivity contribution is 5.85. The van der Waals surface area contributed by atoms with Crippen molar-refractivity contribution in [2.45, 2.75) is 25.8 Å². The van der Waals surface area contributed by atoms with E-state index in [-0.39, 0.29) is 18.3 Å². The number of aryl methyl sites for hydroxylation is 1. The maximum absolute atomic E-state index is 12.6. The van der Waals surface area contributed by atoms with E-state index in [4.69, 9.17) is 4.74 Å². The predicted molar refractivity (Wildman–Crippen MR) is 98.1 cm³/mol. The molecule has 3 rings (SSSR count). The monoisotopic (exact) mass is 353 g/mol. The lowest BCUT2D eigenvalue weighted by Gasteiger charge is -2.32. The van der Waals surface area contributed by atoms with E-state index in [2.05, 4.69) is 10.2 Å². The first-order chi connectivity index (χ1) is 11.2. The Bertz CT molecular complexity index is 561. The van der Waals surface area contributed by atoms with E-state index in [1.54, 1.807) is 7.11 Å². The van der Waals surface area contributed by atoms with Gasteiger partial charge in [-0.25, -0.2) is 0 Å². The highest BCUT2D eigenvalue weighted by atomic mass is 35.5. The molecule has 1 aromatic carbocycles. The van der Waals surface area contributed by atoms with Crippen LogP contribution < -0.4 is 10.1 Å². The van der Waals surface area contributed by atoms with Crippen molar-refractivity contribution in [2.75, 3.05) is 46.4 Å². The lowest BCUT2D eigenvalue weighted by molar-refractivity contribution is -0.129. The Labute approximate surface area is 150 Å². The molecule has 1 amide bonds. The Morgan fingerprint density at radius 1 is 1.29 bits per heavy atom. The fourth-order valence-corrected chi connectivity index (χ4v) is 3.57. The molecule has 2 saturated heterocycles. The minimum atomic E-state index is 0. The number of methoxy groups -OCH3 is 1. The third-order valence-corrected chi connectivity index (χ3v) is 5.01. The van der Waals surface area contributed by atoms with E-state index < -0.39 is 0 Å². The van der Waals surface area contributed by atoms with Crippen LogP contribution in [0.1, 0.15) is 17.5 Å². The van der Waals surface area contributed by atoms with Gasteiger partial charge in [0.1, 0.15) is 5.75 Å². The average molecular weight is 354 g/mol. The number of carbonyl (C=O) groups excluding carboxylic acids is 1. The second-order valence-electron chi connectivity index (χ2n) is 6.55. The van der Waals surface area contributed by atoms with Crippen molar-refractivity contribution in [1.29, 1.82) is 0 Å². The number of amides is 1. The quantitative estimate of drug-likeness (QED) is 0.890. The second-order valence-corrected chi connectivity index (χ2v) is 6.55. The normalized spacial score (nSPS) is 21.4. The van der Waals surface area contributed by atoms with E-state index >= 15 is 0 Å². The summed E-state index contributed by atoms with van der Waals surface area (Å²) in [5, 5.41) is 3.39. The Morgan fingerprint density at radius 3 is 2.75 bits per heavy atom. The lowest BCUT2D eigenvalue weighted by Crippen LogP contribution is -2.49. The van der Waals surface area contributed by atoms with E-state index in [1.807, 2.05) is 30.0 Å². The van der Waals surface area contributed by atoms with Gasteiger partial charge in [-0.3, -0.25) is 9.69 Å².